The fraction of sp³-hybridized carbons (Fsp3) is 0.750. The van der Waals surface area contributed by atoms with Gasteiger partial charge in [-0.3, -0.25) is 9.59 Å². The minimum atomic E-state index is -0.793. The fourth-order valence-electron chi connectivity index (χ4n) is 1.51. The standard InChI is InChI=1S/C16H24O4/c1-11(17)19-10-13-9-12(13)7-8-16(5,6)20-14(18)15(2,3)4/h12-13H,9-10H2,1-6H3/t12-,13+/m0/s1. The highest BCUT2D eigenvalue weighted by molar-refractivity contribution is 5.76. The van der Waals surface area contributed by atoms with Crippen molar-refractivity contribution in [2.75, 3.05) is 6.61 Å². The van der Waals surface area contributed by atoms with Crippen molar-refractivity contribution in [2.45, 2.75) is 53.6 Å². The first-order chi connectivity index (χ1) is 9.01. The number of carbonyl (C=O) groups excluding carboxylic acids is 2. The molecule has 1 rings (SSSR count). The summed E-state index contributed by atoms with van der Waals surface area (Å²) in [5.41, 5.74) is -1.32. The van der Waals surface area contributed by atoms with Crippen LogP contribution in [-0.2, 0) is 19.1 Å². The van der Waals surface area contributed by atoms with Crippen LogP contribution < -0.4 is 0 Å². The molecule has 0 aromatic carbocycles. The van der Waals surface area contributed by atoms with E-state index in [-0.39, 0.29) is 17.9 Å². The van der Waals surface area contributed by atoms with E-state index in [1.54, 1.807) is 13.8 Å². The average Bonchev–Trinajstić information content (AvgIpc) is 3.00. The molecule has 2 atom stereocenters. The Labute approximate surface area is 121 Å². The number of hydrogen-bond acceptors (Lipinski definition) is 4. The van der Waals surface area contributed by atoms with Gasteiger partial charge in [0.1, 0.15) is 0 Å². The molecule has 4 nitrogen and oxygen atoms in total. The second-order valence-corrected chi connectivity index (χ2v) is 6.82. The molecule has 0 spiro atoms. The van der Waals surface area contributed by atoms with Gasteiger partial charge >= 0.3 is 11.9 Å². The van der Waals surface area contributed by atoms with Crippen molar-refractivity contribution in [1.82, 2.24) is 0 Å². The lowest BCUT2D eigenvalue weighted by Gasteiger charge is -2.24. The van der Waals surface area contributed by atoms with E-state index in [2.05, 4.69) is 11.8 Å². The monoisotopic (exact) mass is 280 g/mol. The maximum absolute atomic E-state index is 11.8. The lowest BCUT2D eigenvalue weighted by atomic mass is 9.97. The summed E-state index contributed by atoms with van der Waals surface area (Å²) in [6.45, 7) is 10.8. The molecule has 0 N–H and O–H groups in total. The Morgan fingerprint density at radius 3 is 2.30 bits per heavy atom. The second-order valence-electron chi connectivity index (χ2n) is 6.82. The highest BCUT2D eigenvalue weighted by Gasteiger charge is 2.37. The molecule has 0 aromatic heterocycles. The van der Waals surface area contributed by atoms with E-state index in [0.717, 1.165) is 6.42 Å². The lowest BCUT2D eigenvalue weighted by molar-refractivity contribution is -0.161. The van der Waals surface area contributed by atoms with Gasteiger partial charge in [-0.15, -0.1) is 0 Å². The summed E-state index contributed by atoms with van der Waals surface area (Å²) in [4.78, 5) is 22.5. The van der Waals surface area contributed by atoms with Gasteiger partial charge in [-0.05, 0) is 41.0 Å². The Balaban J connectivity index is 2.47. The van der Waals surface area contributed by atoms with Crippen LogP contribution in [0.15, 0.2) is 0 Å². The van der Waals surface area contributed by atoms with Crippen molar-refractivity contribution in [1.29, 1.82) is 0 Å². The minimum Gasteiger partial charge on any atom is -0.466 e. The van der Waals surface area contributed by atoms with E-state index in [1.807, 2.05) is 20.8 Å². The van der Waals surface area contributed by atoms with Crippen LogP contribution in [0.3, 0.4) is 0 Å². The van der Waals surface area contributed by atoms with Gasteiger partial charge in [0.2, 0.25) is 0 Å². The Kier molecular flexibility index (Phi) is 4.86. The smallest absolute Gasteiger partial charge is 0.312 e. The van der Waals surface area contributed by atoms with Gasteiger partial charge in [0.25, 0.3) is 0 Å². The molecule has 4 heteroatoms. The SMILES string of the molecule is CC(=O)OC[C@H]1C[C@@H]1C#CC(C)(C)OC(=O)C(C)(C)C. The lowest BCUT2D eigenvalue weighted by Crippen LogP contribution is -2.33. The molecule has 112 valence electrons. The zero-order valence-corrected chi connectivity index (χ0v) is 13.2. The van der Waals surface area contributed by atoms with Crippen LogP contribution in [0.1, 0.15) is 48.0 Å². The Bertz CT molecular complexity index is 445. The summed E-state index contributed by atoms with van der Waals surface area (Å²) in [6, 6.07) is 0. The second kappa shape index (κ2) is 5.87. The van der Waals surface area contributed by atoms with E-state index in [0.29, 0.717) is 12.5 Å². The van der Waals surface area contributed by atoms with Crippen molar-refractivity contribution in [3.63, 3.8) is 0 Å². The third-order valence-electron chi connectivity index (χ3n) is 2.94. The van der Waals surface area contributed by atoms with Crippen molar-refractivity contribution < 1.29 is 19.1 Å². The first kappa shape index (κ1) is 16.6. The summed E-state index contributed by atoms with van der Waals surface area (Å²) < 4.78 is 10.4. The third kappa shape index (κ3) is 5.64. The van der Waals surface area contributed by atoms with Crippen LogP contribution in [0.25, 0.3) is 0 Å². The zero-order chi connectivity index (χ0) is 15.6. The number of hydrogen-bond donors (Lipinski definition) is 0. The maximum Gasteiger partial charge on any atom is 0.312 e. The molecule has 1 fully saturated rings. The number of esters is 2. The quantitative estimate of drug-likeness (QED) is 0.589. The molecule has 0 bridgehead atoms. The molecule has 1 aliphatic carbocycles. The van der Waals surface area contributed by atoms with Crippen LogP contribution >= 0.6 is 0 Å². The predicted molar refractivity (Wildman–Crippen MR) is 75.6 cm³/mol. The molecular weight excluding hydrogens is 256 g/mol. The largest absolute Gasteiger partial charge is 0.466 e. The van der Waals surface area contributed by atoms with Gasteiger partial charge in [-0.1, -0.05) is 11.8 Å². The van der Waals surface area contributed by atoms with Gasteiger partial charge in [-0.2, -0.15) is 0 Å². The molecular formula is C16H24O4. The fourth-order valence-corrected chi connectivity index (χ4v) is 1.51. The summed E-state index contributed by atoms with van der Waals surface area (Å²) in [7, 11) is 0. The van der Waals surface area contributed by atoms with Crippen LogP contribution in [0.4, 0.5) is 0 Å². The van der Waals surface area contributed by atoms with E-state index in [9.17, 15) is 9.59 Å². The zero-order valence-electron chi connectivity index (χ0n) is 13.2. The summed E-state index contributed by atoms with van der Waals surface area (Å²) in [5, 5.41) is 0. The Hall–Kier alpha value is -1.50. The number of ether oxygens (including phenoxy) is 2. The van der Waals surface area contributed by atoms with Crippen molar-refractivity contribution >= 4 is 11.9 Å². The van der Waals surface area contributed by atoms with E-state index < -0.39 is 11.0 Å². The molecule has 0 saturated heterocycles. The number of carbonyl (C=O) groups is 2. The molecule has 1 aliphatic rings. The van der Waals surface area contributed by atoms with Gasteiger partial charge in [0.15, 0.2) is 5.60 Å². The third-order valence-corrected chi connectivity index (χ3v) is 2.94. The van der Waals surface area contributed by atoms with E-state index in [1.165, 1.54) is 6.92 Å². The summed E-state index contributed by atoms with van der Waals surface area (Å²) in [5.74, 6) is 6.15. The topological polar surface area (TPSA) is 52.6 Å². The molecule has 20 heavy (non-hydrogen) atoms. The van der Waals surface area contributed by atoms with Crippen molar-refractivity contribution in [3.8, 4) is 11.8 Å². The highest BCUT2D eigenvalue weighted by atomic mass is 16.6. The molecule has 0 unspecified atom stereocenters. The molecule has 0 amide bonds. The van der Waals surface area contributed by atoms with Crippen LogP contribution in [0.5, 0.6) is 0 Å². The van der Waals surface area contributed by atoms with Crippen LogP contribution in [0.2, 0.25) is 0 Å². The molecule has 1 saturated carbocycles. The van der Waals surface area contributed by atoms with Crippen molar-refractivity contribution in [2.24, 2.45) is 17.3 Å². The van der Waals surface area contributed by atoms with Gasteiger partial charge in [-0.25, -0.2) is 0 Å². The summed E-state index contributed by atoms with van der Waals surface area (Å²) >= 11 is 0. The van der Waals surface area contributed by atoms with Gasteiger partial charge in [0.05, 0.1) is 12.0 Å². The summed E-state index contributed by atoms with van der Waals surface area (Å²) in [6.07, 6.45) is 0.934. The first-order valence-electron chi connectivity index (χ1n) is 6.91. The van der Waals surface area contributed by atoms with Crippen molar-refractivity contribution in [3.05, 3.63) is 0 Å². The molecule has 0 aliphatic heterocycles. The molecule has 0 heterocycles. The normalized spacial score (nSPS) is 21.5. The molecule has 0 radical (unpaired) electrons. The first-order valence-corrected chi connectivity index (χ1v) is 6.91. The Morgan fingerprint density at radius 2 is 1.80 bits per heavy atom. The number of rotatable bonds is 3. The highest BCUT2D eigenvalue weighted by Crippen LogP contribution is 2.38. The minimum absolute atomic E-state index is 0.238. The predicted octanol–water partition coefficient (Wildman–Crippen LogP) is 2.56. The van der Waals surface area contributed by atoms with Crippen LogP contribution in [0, 0.1) is 29.1 Å². The van der Waals surface area contributed by atoms with E-state index >= 15 is 0 Å². The van der Waals surface area contributed by atoms with Gasteiger partial charge in [0, 0.05) is 18.8 Å². The molecule has 0 aromatic rings. The van der Waals surface area contributed by atoms with Gasteiger partial charge < -0.3 is 9.47 Å². The van der Waals surface area contributed by atoms with Crippen LogP contribution in [-0.4, -0.2) is 24.1 Å². The Morgan fingerprint density at radius 1 is 1.20 bits per heavy atom. The van der Waals surface area contributed by atoms with E-state index in [4.69, 9.17) is 9.47 Å². The maximum atomic E-state index is 11.8. The average molecular weight is 280 g/mol.